The van der Waals surface area contributed by atoms with Crippen molar-refractivity contribution in [2.24, 2.45) is 0 Å². The number of benzene rings is 2. The van der Waals surface area contributed by atoms with Crippen molar-refractivity contribution in [2.75, 3.05) is 26.7 Å². The average molecular weight is 366 g/mol. The lowest BCUT2D eigenvalue weighted by molar-refractivity contribution is -0.131. The molecule has 1 fully saturated rings. The molecule has 0 aliphatic carbocycles. The monoisotopic (exact) mass is 366 g/mol. The van der Waals surface area contributed by atoms with Gasteiger partial charge in [-0.1, -0.05) is 48.5 Å². The Morgan fingerprint density at radius 1 is 1.04 bits per heavy atom. The summed E-state index contributed by atoms with van der Waals surface area (Å²) < 4.78 is 0. The van der Waals surface area contributed by atoms with E-state index in [1.165, 1.54) is 12.8 Å². The Morgan fingerprint density at radius 2 is 1.67 bits per heavy atom. The molecule has 1 amide bonds. The van der Waals surface area contributed by atoms with E-state index in [-0.39, 0.29) is 23.9 Å². The molecule has 1 atom stereocenters. The highest BCUT2D eigenvalue weighted by Crippen LogP contribution is 2.24. The zero-order valence-corrected chi connectivity index (χ0v) is 15.7. The number of carboxylic acid groups (broad SMARTS) is 1. The number of hydrogen-bond donors (Lipinski definition) is 1. The van der Waals surface area contributed by atoms with Crippen LogP contribution in [0, 0.1) is 0 Å². The number of nitrogens with zero attached hydrogens (tertiary/aromatic N) is 2. The van der Waals surface area contributed by atoms with E-state index in [0.29, 0.717) is 5.56 Å². The summed E-state index contributed by atoms with van der Waals surface area (Å²) in [5, 5.41) is 9.36. The van der Waals surface area contributed by atoms with Crippen molar-refractivity contribution in [3.8, 4) is 0 Å². The van der Waals surface area contributed by atoms with E-state index in [1.54, 1.807) is 29.2 Å². The molecule has 0 saturated carbocycles. The minimum Gasteiger partial charge on any atom is -0.478 e. The third-order valence-electron chi connectivity index (χ3n) is 5.26. The maximum atomic E-state index is 13.0. The van der Waals surface area contributed by atoms with Gasteiger partial charge in [-0.25, -0.2) is 4.79 Å². The van der Waals surface area contributed by atoms with Crippen LogP contribution in [0.4, 0.5) is 0 Å². The molecule has 0 radical (unpaired) electrons. The third kappa shape index (κ3) is 4.74. The molecule has 5 nitrogen and oxygen atoms in total. The van der Waals surface area contributed by atoms with Gasteiger partial charge in [0.25, 0.3) is 0 Å². The van der Waals surface area contributed by atoms with Gasteiger partial charge in [0.05, 0.1) is 18.0 Å². The predicted octanol–water partition coefficient (Wildman–Crippen LogP) is 3.22. The normalized spacial score (nSPS) is 15.4. The molecule has 1 aliphatic rings. The van der Waals surface area contributed by atoms with Crippen molar-refractivity contribution in [1.82, 2.24) is 9.80 Å². The second-order valence-corrected chi connectivity index (χ2v) is 7.08. The average Bonchev–Trinajstić information content (AvgIpc) is 3.20. The van der Waals surface area contributed by atoms with Gasteiger partial charge in [0.2, 0.25) is 5.91 Å². The van der Waals surface area contributed by atoms with Gasteiger partial charge in [-0.2, -0.15) is 0 Å². The van der Waals surface area contributed by atoms with Crippen molar-refractivity contribution in [1.29, 1.82) is 0 Å². The van der Waals surface area contributed by atoms with Crippen LogP contribution in [-0.2, 0) is 11.2 Å². The highest BCUT2D eigenvalue weighted by Gasteiger charge is 2.26. The van der Waals surface area contributed by atoms with E-state index >= 15 is 0 Å². The predicted molar refractivity (Wildman–Crippen MR) is 105 cm³/mol. The first-order valence-corrected chi connectivity index (χ1v) is 9.40. The molecule has 1 N–H and O–H groups in total. The van der Waals surface area contributed by atoms with E-state index in [0.717, 1.165) is 25.2 Å². The molecular formula is C22H26N2O3. The molecule has 1 saturated heterocycles. The van der Waals surface area contributed by atoms with Gasteiger partial charge >= 0.3 is 5.97 Å². The van der Waals surface area contributed by atoms with Crippen LogP contribution in [0.1, 0.15) is 40.4 Å². The molecule has 1 unspecified atom stereocenters. The molecule has 2 aromatic carbocycles. The molecule has 2 aromatic rings. The van der Waals surface area contributed by atoms with Gasteiger partial charge in [0, 0.05) is 13.6 Å². The van der Waals surface area contributed by atoms with Crippen LogP contribution >= 0.6 is 0 Å². The van der Waals surface area contributed by atoms with E-state index in [2.05, 4.69) is 17.0 Å². The fourth-order valence-electron chi connectivity index (χ4n) is 3.68. The molecule has 142 valence electrons. The minimum atomic E-state index is -1.00. The van der Waals surface area contributed by atoms with Crippen molar-refractivity contribution < 1.29 is 14.7 Å². The molecule has 0 spiro atoms. The molecule has 0 aromatic heterocycles. The Balaban J connectivity index is 1.79. The van der Waals surface area contributed by atoms with Crippen LogP contribution in [-0.4, -0.2) is 53.5 Å². The van der Waals surface area contributed by atoms with Crippen molar-refractivity contribution in [3.05, 3.63) is 71.3 Å². The van der Waals surface area contributed by atoms with Crippen molar-refractivity contribution in [2.45, 2.75) is 25.3 Å². The molecule has 3 rings (SSSR count). The Kier molecular flexibility index (Phi) is 6.24. The highest BCUT2D eigenvalue weighted by molar-refractivity contribution is 5.91. The standard InChI is InChI=1S/C22H26N2O3/c1-23(21(25)15-18-11-5-6-12-19(18)22(26)27)20(16-24-13-7-8-14-24)17-9-3-2-4-10-17/h2-6,9-12,20H,7-8,13-16H2,1H3,(H,26,27). The third-order valence-corrected chi connectivity index (χ3v) is 5.26. The van der Waals surface area contributed by atoms with Crippen LogP contribution in [0.25, 0.3) is 0 Å². The number of hydrogen-bond acceptors (Lipinski definition) is 3. The topological polar surface area (TPSA) is 60.9 Å². The lowest BCUT2D eigenvalue weighted by Gasteiger charge is -2.32. The number of likely N-dealkylation sites (N-methyl/N-ethyl adjacent to an activating group) is 1. The summed E-state index contributed by atoms with van der Waals surface area (Å²) in [5.74, 6) is -1.07. The fourth-order valence-corrected chi connectivity index (χ4v) is 3.68. The fraction of sp³-hybridized carbons (Fsp3) is 0.364. The first-order chi connectivity index (χ1) is 13.1. The van der Waals surface area contributed by atoms with Gasteiger partial charge in [0.1, 0.15) is 0 Å². The lowest BCUT2D eigenvalue weighted by atomic mass is 10.0. The molecule has 27 heavy (non-hydrogen) atoms. The number of carbonyl (C=O) groups is 2. The van der Waals surface area contributed by atoms with E-state index in [4.69, 9.17) is 0 Å². The van der Waals surface area contributed by atoms with Gasteiger partial charge < -0.3 is 14.9 Å². The maximum Gasteiger partial charge on any atom is 0.335 e. The van der Waals surface area contributed by atoms with Gasteiger partial charge in [-0.15, -0.1) is 0 Å². The van der Waals surface area contributed by atoms with E-state index in [9.17, 15) is 14.7 Å². The van der Waals surface area contributed by atoms with Crippen LogP contribution in [0.15, 0.2) is 54.6 Å². The van der Waals surface area contributed by atoms with Crippen molar-refractivity contribution >= 4 is 11.9 Å². The largest absolute Gasteiger partial charge is 0.478 e. The van der Waals surface area contributed by atoms with Crippen LogP contribution < -0.4 is 0 Å². The van der Waals surface area contributed by atoms with Gasteiger partial charge in [-0.05, 0) is 43.1 Å². The Morgan fingerprint density at radius 3 is 2.33 bits per heavy atom. The second-order valence-electron chi connectivity index (χ2n) is 7.08. The van der Waals surface area contributed by atoms with E-state index in [1.807, 2.05) is 25.2 Å². The molecular weight excluding hydrogens is 340 g/mol. The Labute approximate surface area is 160 Å². The van der Waals surface area contributed by atoms with Crippen LogP contribution in [0.2, 0.25) is 0 Å². The second kappa shape index (κ2) is 8.82. The van der Waals surface area contributed by atoms with Gasteiger partial charge in [-0.3, -0.25) is 4.79 Å². The quantitative estimate of drug-likeness (QED) is 0.817. The summed E-state index contributed by atoms with van der Waals surface area (Å²) in [6.07, 6.45) is 2.48. The van der Waals surface area contributed by atoms with Gasteiger partial charge in [0.15, 0.2) is 0 Å². The Hall–Kier alpha value is -2.66. The first-order valence-electron chi connectivity index (χ1n) is 9.40. The number of rotatable bonds is 7. The first kappa shape index (κ1) is 19.1. The highest BCUT2D eigenvalue weighted by atomic mass is 16.4. The molecule has 1 heterocycles. The number of likely N-dealkylation sites (tertiary alicyclic amines) is 1. The molecule has 1 aliphatic heterocycles. The number of carboxylic acids is 1. The van der Waals surface area contributed by atoms with Crippen molar-refractivity contribution in [3.63, 3.8) is 0 Å². The molecule has 5 heteroatoms. The van der Waals surface area contributed by atoms with E-state index < -0.39 is 5.97 Å². The number of carbonyl (C=O) groups excluding carboxylic acids is 1. The summed E-state index contributed by atoms with van der Waals surface area (Å²) in [6.45, 7) is 2.92. The lowest BCUT2D eigenvalue weighted by Crippen LogP contribution is -2.39. The summed E-state index contributed by atoms with van der Waals surface area (Å²) in [7, 11) is 1.82. The maximum absolute atomic E-state index is 13.0. The summed E-state index contributed by atoms with van der Waals surface area (Å²) in [4.78, 5) is 28.6. The minimum absolute atomic E-state index is 0.0474. The summed E-state index contributed by atoms with van der Waals surface area (Å²) in [5.41, 5.74) is 1.84. The number of aromatic carboxylic acids is 1. The zero-order chi connectivity index (χ0) is 19.2. The van der Waals surface area contributed by atoms with Crippen LogP contribution in [0.5, 0.6) is 0 Å². The van der Waals surface area contributed by atoms with Crippen LogP contribution in [0.3, 0.4) is 0 Å². The number of amides is 1. The zero-order valence-electron chi connectivity index (χ0n) is 15.7. The Bertz CT molecular complexity index is 785. The molecule has 0 bridgehead atoms. The SMILES string of the molecule is CN(C(=O)Cc1ccccc1C(=O)O)C(CN1CCCC1)c1ccccc1. The summed E-state index contributed by atoms with van der Waals surface area (Å²) in [6, 6.07) is 16.7. The summed E-state index contributed by atoms with van der Waals surface area (Å²) >= 11 is 0. The smallest absolute Gasteiger partial charge is 0.335 e.